The van der Waals surface area contributed by atoms with E-state index < -0.39 is 11.0 Å². The van der Waals surface area contributed by atoms with Gasteiger partial charge < -0.3 is 10.1 Å². The Kier molecular flexibility index (Phi) is 8.05. The van der Waals surface area contributed by atoms with Crippen LogP contribution in [0.3, 0.4) is 0 Å². The number of nitrogens with zero attached hydrogens (tertiary/aromatic N) is 1. The summed E-state index contributed by atoms with van der Waals surface area (Å²) in [7, 11) is 2.11. The number of rotatable bonds is 9. The van der Waals surface area contributed by atoms with Crippen LogP contribution in [0.5, 0.6) is 0 Å². The Morgan fingerprint density at radius 2 is 1.80 bits per heavy atom. The molecule has 5 nitrogen and oxygen atoms in total. The average molecular weight is 429 g/mol. The molecule has 0 fully saturated rings. The lowest BCUT2D eigenvalue weighted by molar-refractivity contribution is -0.140. The molecule has 0 saturated carbocycles. The van der Waals surface area contributed by atoms with Gasteiger partial charge in [0.15, 0.2) is 11.0 Å². The highest BCUT2D eigenvalue weighted by Gasteiger charge is 2.29. The molecular weight excluding hydrogens is 396 g/mol. The number of para-hydroxylation sites is 1. The van der Waals surface area contributed by atoms with Crippen LogP contribution < -0.4 is 9.62 Å². The molecule has 1 heterocycles. The molecule has 2 unspecified atom stereocenters. The summed E-state index contributed by atoms with van der Waals surface area (Å²) in [6.45, 7) is 2.93. The molecule has 2 aromatic rings. The summed E-state index contributed by atoms with van der Waals surface area (Å²) in [4.78, 5) is 12.0. The standard InChI is InChI=1S/C24H32N2O3S/c1-18-14-15-20-22(17-18)30(28)26(2)21-12-9-8-11-19(21)24(20)25-16-10-6-4-5-7-13-23(27)29-3/h8-9,11-12,14-15,17,24-25H,4-7,10,13,16H2,1-3H3. The van der Waals surface area contributed by atoms with Crippen LogP contribution in [0.4, 0.5) is 5.69 Å². The zero-order valence-corrected chi connectivity index (χ0v) is 19.0. The van der Waals surface area contributed by atoms with E-state index in [1.54, 1.807) is 0 Å². The Labute approximate surface area is 182 Å². The molecule has 0 bridgehead atoms. The first-order chi connectivity index (χ1) is 14.5. The third-order valence-electron chi connectivity index (χ3n) is 5.64. The number of carbonyl (C=O) groups is 1. The molecule has 0 amide bonds. The first-order valence-corrected chi connectivity index (χ1v) is 11.8. The Hall–Kier alpha value is -2.18. The summed E-state index contributed by atoms with van der Waals surface area (Å²) >= 11 is 0. The maximum atomic E-state index is 13.2. The number of fused-ring (bicyclic) bond motifs is 2. The quantitative estimate of drug-likeness (QED) is 0.466. The minimum Gasteiger partial charge on any atom is -0.469 e. The Morgan fingerprint density at radius 3 is 2.60 bits per heavy atom. The van der Waals surface area contributed by atoms with Crippen LogP contribution in [0.15, 0.2) is 47.4 Å². The van der Waals surface area contributed by atoms with Crippen molar-refractivity contribution in [3.63, 3.8) is 0 Å². The number of nitrogens with one attached hydrogen (secondary N) is 1. The van der Waals surface area contributed by atoms with Gasteiger partial charge in [0, 0.05) is 13.5 Å². The largest absolute Gasteiger partial charge is 0.469 e. The van der Waals surface area contributed by atoms with E-state index in [-0.39, 0.29) is 12.0 Å². The van der Waals surface area contributed by atoms with Gasteiger partial charge in [-0.2, -0.15) is 0 Å². The first-order valence-electron chi connectivity index (χ1n) is 10.7. The monoisotopic (exact) mass is 428 g/mol. The molecule has 0 radical (unpaired) electrons. The van der Waals surface area contributed by atoms with Gasteiger partial charge in [-0.3, -0.25) is 9.10 Å². The second-order valence-corrected chi connectivity index (χ2v) is 9.31. The Bertz CT molecular complexity index is 900. The fourth-order valence-corrected chi connectivity index (χ4v) is 5.26. The van der Waals surface area contributed by atoms with Crippen molar-refractivity contribution in [3.8, 4) is 0 Å². The van der Waals surface area contributed by atoms with E-state index in [1.165, 1.54) is 7.11 Å². The number of carbonyl (C=O) groups excluding carboxylic acids is 1. The van der Waals surface area contributed by atoms with Crippen molar-refractivity contribution in [2.45, 2.75) is 56.4 Å². The molecule has 0 spiro atoms. The van der Waals surface area contributed by atoms with E-state index in [0.717, 1.165) is 65.9 Å². The smallest absolute Gasteiger partial charge is 0.305 e. The highest BCUT2D eigenvalue weighted by molar-refractivity contribution is 7.86. The van der Waals surface area contributed by atoms with Crippen LogP contribution in [-0.4, -0.2) is 30.9 Å². The number of methoxy groups -OCH3 is 1. The Balaban J connectivity index is 1.66. The first kappa shape index (κ1) is 22.5. The lowest BCUT2D eigenvalue weighted by Crippen LogP contribution is -2.24. The van der Waals surface area contributed by atoms with Gasteiger partial charge in [-0.1, -0.05) is 49.6 Å². The fourth-order valence-electron chi connectivity index (χ4n) is 3.95. The summed E-state index contributed by atoms with van der Waals surface area (Å²) in [6, 6.07) is 14.5. The van der Waals surface area contributed by atoms with Crippen molar-refractivity contribution < 1.29 is 13.7 Å². The second-order valence-electron chi connectivity index (χ2n) is 7.83. The lowest BCUT2D eigenvalue weighted by atomic mass is 9.96. The minimum atomic E-state index is -1.23. The van der Waals surface area contributed by atoms with Gasteiger partial charge >= 0.3 is 5.97 Å². The molecule has 6 heteroatoms. The third kappa shape index (κ3) is 5.29. The number of aryl methyl sites for hydroxylation is 1. The van der Waals surface area contributed by atoms with Gasteiger partial charge in [0.1, 0.15) is 0 Å². The van der Waals surface area contributed by atoms with Crippen LogP contribution in [0.1, 0.15) is 61.3 Å². The summed E-state index contributed by atoms with van der Waals surface area (Å²) in [5, 5.41) is 3.72. The third-order valence-corrected chi connectivity index (χ3v) is 7.06. The van der Waals surface area contributed by atoms with Gasteiger partial charge in [0.2, 0.25) is 0 Å². The molecule has 1 N–H and O–H groups in total. The summed E-state index contributed by atoms with van der Waals surface area (Å²) in [5.74, 6) is -0.125. The number of unbranched alkanes of at least 4 members (excludes halogenated alkanes) is 4. The van der Waals surface area contributed by atoms with Crippen molar-refractivity contribution in [2.75, 3.05) is 25.0 Å². The highest BCUT2D eigenvalue weighted by Crippen LogP contribution is 2.38. The predicted molar refractivity (Wildman–Crippen MR) is 122 cm³/mol. The van der Waals surface area contributed by atoms with Crippen LogP contribution in [-0.2, 0) is 20.5 Å². The number of anilines is 1. The van der Waals surface area contributed by atoms with Crippen molar-refractivity contribution in [3.05, 3.63) is 59.2 Å². The van der Waals surface area contributed by atoms with Gasteiger partial charge in [-0.25, -0.2) is 4.21 Å². The van der Waals surface area contributed by atoms with Gasteiger partial charge in [0.05, 0.1) is 23.7 Å². The van der Waals surface area contributed by atoms with E-state index in [1.807, 2.05) is 42.5 Å². The van der Waals surface area contributed by atoms with Crippen molar-refractivity contribution in [1.82, 2.24) is 5.32 Å². The van der Waals surface area contributed by atoms with Gasteiger partial charge in [-0.15, -0.1) is 0 Å². The number of hydrogen-bond donors (Lipinski definition) is 1. The maximum Gasteiger partial charge on any atom is 0.305 e. The molecule has 0 saturated heterocycles. The lowest BCUT2D eigenvalue weighted by Gasteiger charge is -2.22. The maximum absolute atomic E-state index is 13.2. The van der Waals surface area contributed by atoms with E-state index in [9.17, 15) is 9.00 Å². The number of ether oxygens (including phenoxy) is 1. The second kappa shape index (κ2) is 10.7. The summed E-state index contributed by atoms with van der Waals surface area (Å²) in [5.41, 5.74) is 4.37. The normalized spacial score (nSPS) is 17.8. The molecule has 3 rings (SSSR count). The molecule has 2 aromatic carbocycles. The number of hydrogen-bond acceptors (Lipinski definition) is 4. The molecule has 0 aromatic heterocycles. The highest BCUT2D eigenvalue weighted by atomic mass is 32.2. The molecule has 0 aliphatic carbocycles. The van der Waals surface area contributed by atoms with Crippen molar-refractivity contribution in [2.24, 2.45) is 0 Å². The van der Waals surface area contributed by atoms with E-state index in [2.05, 4.69) is 28.3 Å². The summed E-state index contributed by atoms with van der Waals surface area (Å²) in [6.07, 6.45) is 5.75. The van der Waals surface area contributed by atoms with Crippen LogP contribution >= 0.6 is 0 Å². The molecule has 30 heavy (non-hydrogen) atoms. The Morgan fingerprint density at radius 1 is 1.07 bits per heavy atom. The number of esters is 1. The molecule has 1 aliphatic heterocycles. The fraction of sp³-hybridized carbons (Fsp3) is 0.458. The molecule has 162 valence electrons. The molecular formula is C24H32N2O3S. The van der Waals surface area contributed by atoms with Crippen molar-refractivity contribution in [1.29, 1.82) is 0 Å². The van der Waals surface area contributed by atoms with E-state index >= 15 is 0 Å². The molecule has 1 aliphatic rings. The minimum absolute atomic E-state index is 0.0185. The zero-order chi connectivity index (χ0) is 21.5. The SMILES string of the molecule is COC(=O)CCCCCCCNC1c2ccccc2N(C)S(=O)c2cc(C)ccc21. The average Bonchev–Trinajstić information content (AvgIpc) is 2.84. The number of benzene rings is 2. The van der Waals surface area contributed by atoms with E-state index in [4.69, 9.17) is 0 Å². The summed E-state index contributed by atoms with van der Waals surface area (Å²) < 4.78 is 19.8. The topological polar surface area (TPSA) is 58.6 Å². The van der Waals surface area contributed by atoms with E-state index in [0.29, 0.717) is 6.42 Å². The molecule has 2 atom stereocenters. The van der Waals surface area contributed by atoms with Crippen LogP contribution in [0.2, 0.25) is 0 Å². The van der Waals surface area contributed by atoms with Crippen molar-refractivity contribution >= 4 is 22.6 Å². The zero-order valence-electron chi connectivity index (χ0n) is 18.1. The van der Waals surface area contributed by atoms with Gasteiger partial charge in [0.25, 0.3) is 0 Å². The predicted octanol–water partition coefficient (Wildman–Crippen LogP) is 4.66. The van der Waals surface area contributed by atoms with Crippen LogP contribution in [0, 0.1) is 6.92 Å². The van der Waals surface area contributed by atoms with Gasteiger partial charge in [-0.05, 0) is 55.1 Å². The van der Waals surface area contributed by atoms with Crippen LogP contribution in [0.25, 0.3) is 0 Å².